The number of hydrogen-bond acceptors (Lipinski definition) is 4. The van der Waals surface area contributed by atoms with E-state index in [-0.39, 0.29) is 23.7 Å². The van der Waals surface area contributed by atoms with Gasteiger partial charge >= 0.3 is 6.36 Å². The van der Waals surface area contributed by atoms with Crippen molar-refractivity contribution in [2.75, 3.05) is 16.8 Å². The second-order valence-corrected chi connectivity index (χ2v) is 7.26. The zero-order valence-corrected chi connectivity index (χ0v) is 16.7. The van der Waals surface area contributed by atoms with Gasteiger partial charge in [-0.1, -0.05) is 26.0 Å². The Morgan fingerprint density at radius 3 is 2.39 bits per heavy atom. The highest BCUT2D eigenvalue weighted by molar-refractivity contribution is 6.13. The number of benzene rings is 2. The molecule has 31 heavy (non-hydrogen) atoms. The van der Waals surface area contributed by atoms with Crippen LogP contribution >= 0.6 is 0 Å². The Kier molecular flexibility index (Phi) is 6.19. The topological polar surface area (TPSA) is 87.7 Å². The van der Waals surface area contributed by atoms with Crippen LogP contribution in [0.3, 0.4) is 0 Å². The molecule has 0 aromatic heterocycles. The summed E-state index contributed by atoms with van der Waals surface area (Å²) < 4.78 is 40.6. The standard InChI is InChI=1S/C21H20F3N3O4/c1-12(2)18-20(30)27(16-6-4-3-5-15(16)19(29)26-18)11-17(28)25-13-7-9-14(10-8-13)31-21(22,23)24/h3-10,12,18H,11H2,1-2H3,(H,25,28)(H,26,29)/t18-/m0/s1. The van der Waals surface area contributed by atoms with E-state index in [4.69, 9.17) is 0 Å². The van der Waals surface area contributed by atoms with Crippen molar-refractivity contribution in [3.05, 3.63) is 54.1 Å². The molecule has 1 aliphatic rings. The summed E-state index contributed by atoms with van der Waals surface area (Å²) in [7, 11) is 0. The van der Waals surface area contributed by atoms with Crippen LogP contribution in [0.1, 0.15) is 24.2 Å². The normalized spacial score (nSPS) is 16.5. The van der Waals surface area contributed by atoms with Crippen molar-refractivity contribution in [2.45, 2.75) is 26.3 Å². The van der Waals surface area contributed by atoms with Gasteiger partial charge in [0.05, 0.1) is 11.3 Å². The first kappa shape index (κ1) is 22.1. The predicted octanol–water partition coefficient (Wildman–Crippen LogP) is 3.32. The number of carbonyl (C=O) groups excluding carboxylic acids is 3. The van der Waals surface area contributed by atoms with E-state index in [1.165, 1.54) is 17.0 Å². The average Bonchev–Trinajstić information content (AvgIpc) is 2.79. The summed E-state index contributed by atoms with van der Waals surface area (Å²) in [5.41, 5.74) is 0.794. The molecule has 2 aromatic carbocycles. The summed E-state index contributed by atoms with van der Waals surface area (Å²) >= 11 is 0. The molecule has 1 atom stereocenters. The van der Waals surface area contributed by atoms with E-state index >= 15 is 0 Å². The number of carbonyl (C=O) groups is 3. The van der Waals surface area contributed by atoms with Gasteiger partial charge in [-0.15, -0.1) is 13.2 Å². The lowest BCUT2D eigenvalue weighted by atomic mass is 10.0. The van der Waals surface area contributed by atoms with Crippen LogP contribution in [0.2, 0.25) is 0 Å². The number of ether oxygens (including phenoxy) is 1. The van der Waals surface area contributed by atoms with E-state index in [9.17, 15) is 27.6 Å². The molecular weight excluding hydrogens is 415 g/mol. The van der Waals surface area contributed by atoms with E-state index < -0.39 is 35.9 Å². The van der Waals surface area contributed by atoms with Crippen molar-refractivity contribution in [1.29, 1.82) is 0 Å². The van der Waals surface area contributed by atoms with Crippen LogP contribution in [-0.2, 0) is 9.59 Å². The highest BCUT2D eigenvalue weighted by atomic mass is 19.4. The lowest BCUT2D eigenvalue weighted by Crippen LogP contribution is -2.50. The van der Waals surface area contributed by atoms with Gasteiger partial charge < -0.3 is 20.3 Å². The Morgan fingerprint density at radius 1 is 1.13 bits per heavy atom. The third kappa shape index (κ3) is 5.33. The smallest absolute Gasteiger partial charge is 0.406 e. The minimum Gasteiger partial charge on any atom is -0.406 e. The first-order valence-electron chi connectivity index (χ1n) is 9.42. The minimum atomic E-state index is -4.82. The first-order chi connectivity index (χ1) is 14.5. The molecule has 2 aromatic rings. The van der Waals surface area contributed by atoms with E-state index in [1.807, 2.05) is 0 Å². The Labute approximate surface area is 176 Å². The van der Waals surface area contributed by atoms with Gasteiger partial charge in [-0.05, 0) is 42.3 Å². The largest absolute Gasteiger partial charge is 0.573 e. The third-order valence-corrected chi connectivity index (χ3v) is 4.60. The van der Waals surface area contributed by atoms with Crippen LogP contribution in [0.4, 0.5) is 24.5 Å². The van der Waals surface area contributed by atoms with Crippen LogP contribution in [0.5, 0.6) is 5.75 Å². The molecule has 0 aliphatic carbocycles. The quantitative estimate of drug-likeness (QED) is 0.754. The number of hydrogen-bond donors (Lipinski definition) is 2. The van der Waals surface area contributed by atoms with Crippen molar-refractivity contribution in [2.24, 2.45) is 5.92 Å². The fourth-order valence-electron chi connectivity index (χ4n) is 3.17. The predicted molar refractivity (Wildman–Crippen MR) is 107 cm³/mol. The molecule has 0 unspecified atom stereocenters. The lowest BCUT2D eigenvalue weighted by Gasteiger charge is -2.26. The molecule has 164 valence electrons. The lowest BCUT2D eigenvalue weighted by molar-refractivity contribution is -0.274. The summed E-state index contributed by atoms with van der Waals surface area (Å²) in [5, 5.41) is 5.23. The van der Waals surface area contributed by atoms with E-state index in [0.717, 1.165) is 12.1 Å². The van der Waals surface area contributed by atoms with E-state index in [2.05, 4.69) is 15.4 Å². The number of rotatable bonds is 5. The molecule has 10 heteroatoms. The van der Waals surface area contributed by atoms with Gasteiger partial charge in [-0.2, -0.15) is 0 Å². The average molecular weight is 435 g/mol. The highest BCUT2D eigenvalue weighted by Gasteiger charge is 2.36. The number of alkyl halides is 3. The molecule has 1 heterocycles. The van der Waals surface area contributed by atoms with Crippen molar-refractivity contribution < 1.29 is 32.3 Å². The van der Waals surface area contributed by atoms with Gasteiger partial charge in [0.1, 0.15) is 18.3 Å². The number of nitrogens with zero attached hydrogens (tertiary/aromatic N) is 1. The molecule has 2 N–H and O–H groups in total. The number of anilines is 2. The molecule has 3 rings (SSSR count). The number of fused-ring (bicyclic) bond motifs is 1. The van der Waals surface area contributed by atoms with E-state index in [1.54, 1.807) is 38.1 Å². The molecule has 1 aliphatic heterocycles. The number of amides is 3. The zero-order valence-electron chi connectivity index (χ0n) is 16.7. The monoisotopic (exact) mass is 435 g/mol. The Balaban J connectivity index is 1.79. The summed E-state index contributed by atoms with van der Waals surface area (Å²) in [6, 6.07) is 10.3. The maximum Gasteiger partial charge on any atom is 0.573 e. The van der Waals surface area contributed by atoms with Crippen molar-refractivity contribution in [3.63, 3.8) is 0 Å². The summed E-state index contributed by atoms with van der Waals surface area (Å²) in [5.74, 6) is -2.06. The molecule has 3 amide bonds. The molecular formula is C21H20F3N3O4. The van der Waals surface area contributed by atoms with Gasteiger partial charge in [0, 0.05) is 5.69 Å². The van der Waals surface area contributed by atoms with Crippen LogP contribution < -0.4 is 20.3 Å². The zero-order chi connectivity index (χ0) is 22.8. The van der Waals surface area contributed by atoms with Crippen molar-refractivity contribution in [1.82, 2.24) is 5.32 Å². The van der Waals surface area contributed by atoms with Gasteiger partial charge in [0.15, 0.2) is 0 Å². The molecule has 0 saturated carbocycles. The van der Waals surface area contributed by atoms with Gasteiger partial charge in [-0.3, -0.25) is 14.4 Å². The Morgan fingerprint density at radius 2 is 1.77 bits per heavy atom. The second kappa shape index (κ2) is 8.66. The van der Waals surface area contributed by atoms with Gasteiger partial charge in [0.25, 0.3) is 5.91 Å². The fourth-order valence-corrected chi connectivity index (χ4v) is 3.17. The van der Waals surface area contributed by atoms with Crippen LogP contribution in [0.25, 0.3) is 0 Å². The van der Waals surface area contributed by atoms with Crippen molar-refractivity contribution >= 4 is 29.1 Å². The molecule has 0 radical (unpaired) electrons. The fraction of sp³-hybridized carbons (Fsp3) is 0.286. The molecule has 0 fully saturated rings. The van der Waals surface area contributed by atoms with Gasteiger partial charge in [-0.25, -0.2) is 0 Å². The van der Waals surface area contributed by atoms with Crippen LogP contribution in [-0.4, -0.2) is 36.7 Å². The number of halogens is 3. The Hall–Kier alpha value is -3.56. The molecule has 0 spiro atoms. The summed E-state index contributed by atoms with van der Waals surface area (Å²) in [6.45, 7) is 3.18. The number of para-hydroxylation sites is 1. The first-order valence-corrected chi connectivity index (χ1v) is 9.42. The molecule has 0 saturated heterocycles. The molecule has 0 bridgehead atoms. The third-order valence-electron chi connectivity index (χ3n) is 4.60. The van der Waals surface area contributed by atoms with Crippen LogP contribution in [0, 0.1) is 5.92 Å². The minimum absolute atomic E-state index is 0.211. The van der Waals surface area contributed by atoms with Crippen molar-refractivity contribution in [3.8, 4) is 5.75 Å². The molecule has 7 nitrogen and oxygen atoms in total. The highest BCUT2D eigenvalue weighted by Crippen LogP contribution is 2.27. The number of nitrogens with one attached hydrogen (secondary N) is 2. The van der Waals surface area contributed by atoms with Crippen LogP contribution in [0.15, 0.2) is 48.5 Å². The SMILES string of the molecule is CC(C)[C@@H]1NC(=O)c2ccccc2N(CC(=O)Nc2ccc(OC(F)(F)F)cc2)C1=O. The van der Waals surface area contributed by atoms with E-state index in [0.29, 0.717) is 5.69 Å². The van der Waals surface area contributed by atoms with Gasteiger partial charge in [0.2, 0.25) is 11.8 Å². The summed E-state index contributed by atoms with van der Waals surface area (Å²) in [4.78, 5) is 39.4. The Bertz CT molecular complexity index is 990. The maximum atomic E-state index is 13.1. The summed E-state index contributed by atoms with van der Waals surface area (Å²) in [6.07, 6.45) is -4.82. The second-order valence-electron chi connectivity index (χ2n) is 7.26. The maximum absolute atomic E-state index is 13.1.